The molecule has 2 N–H and O–H groups in total. The number of hydrogen-bond donors (Lipinski definition) is 2. The number of phenols is 1. The van der Waals surface area contributed by atoms with Gasteiger partial charge in [-0.05, 0) is 48.8 Å². The van der Waals surface area contributed by atoms with E-state index in [1.165, 1.54) is 0 Å². The van der Waals surface area contributed by atoms with Crippen LogP contribution in [-0.2, 0) is 21.1 Å². The first kappa shape index (κ1) is 15.3. The summed E-state index contributed by atoms with van der Waals surface area (Å²) in [5.74, 6) is 0.197. The summed E-state index contributed by atoms with van der Waals surface area (Å²) < 4.78 is 23.0. The van der Waals surface area contributed by atoms with Crippen molar-refractivity contribution in [3.05, 3.63) is 23.8 Å². The van der Waals surface area contributed by atoms with Crippen molar-refractivity contribution in [1.82, 2.24) is 0 Å². The van der Waals surface area contributed by atoms with E-state index in [0.29, 0.717) is 18.5 Å². The van der Waals surface area contributed by atoms with Gasteiger partial charge in [-0.1, -0.05) is 13.0 Å². The van der Waals surface area contributed by atoms with Crippen molar-refractivity contribution in [2.45, 2.75) is 32.6 Å². The van der Waals surface area contributed by atoms with Crippen LogP contribution < -0.4 is 5.32 Å². The maximum absolute atomic E-state index is 12.4. The molecule has 3 rings (SSSR count). The van der Waals surface area contributed by atoms with Crippen LogP contribution in [0.25, 0.3) is 0 Å². The van der Waals surface area contributed by atoms with Crippen LogP contribution in [0.15, 0.2) is 18.2 Å². The van der Waals surface area contributed by atoms with Crippen molar-refractivity contribution in [3.63, 3.8) is 0 Å². The largest absolute Gasteiger partial charge is 0.506 e. The molecule has 1 saturated carbocycles. The zero-order chi connectivity index (χ0) is 16.0. The van der Waals surface area contributed by atoms with Gasteiger partial charge >= 0.3 is 0 Å². The quantitative estimate of drug-likeness (QED) is 0.835. The summed E-state index contributed by atoms with van der Waals surface area (Å²) in [5.41, 5.74) is 1.35. The highest BCUT2D eigenvalue weighted by atomic mass is 32.2. The van der Waals surface area contributed by atoms with Gasteiger partial charge in [0, 0.05) is 5.92 Å². The first-order valence-electron chi connectivity index (χ1n) is 7.68. The van der Waals surface area contributed by atoms with Gasteiger partial charge in [0.05, 0.1) is 17.2 Å². The third kappa shape index (κ3) is 2.84. The minimum atomic E-state index is -2.91. The number of rotatable bonds is 3. The Bertz CT molecular complexity index is 697. The van der Waals surface area contributed by atoms with E-state index in [0.717, 1.165) is 18.4 Å². The van der Waals surface area contributed by atoms with Gasteiger partial charge in [-0.25, -0.2) is 8.42 Å². The van der Waals surface area contributed by atoms with Gasteiger partial charge < -0.3 is 10.4 Å². The Labute approximate surface area is 130 Å². The Balaban J connectivity index is 1.67. The van der Waals surface area contributed by atoms with Crippen LogP contribution in [0, 0.1) is 11.3 Å². The summed E-state index contributed by atoms with van der Waals surface area (Å²) in [6.07, 6.45) is 2.74. The number of aryl methyl sites for hydroxylation is 1. The maximum atomic E-state index is 12.4. The fourth-order valence-corrected chi connectivity index (χ4v) is 4.98. The lowest BCUT2D eigenvalue weighted by Crippen LogP contribution is -2.28. The van der Waals surface area contributed by atoms with Crippen LogP contribution in [-0.4, -0.2) is 30.9 Å². The van der Waals surface area contributed by atoms with Crippen molar-refractivity contribution in [1.29, 1.82) is 0 Å². The van der Waals surface area contributed by atoms with Crippen molar-refractivity contribution < 1.29 is 18.3 Å². The Morgan fingerprint density at radius 1 is 1.36 bits per heavy atom. The molecule has 1 aromatic rings. The molecule has 1 saturated heterocycles. The van der Waals surface area contributed by atoms with Gasteiger partial charge in [0.25, 0.3) is 0 Å². The minimum Gasteiger partial charge on any atom is -0.506 e. The van der Waals surface area contributed by atoms with Crippen LogP contribution in [0.3, 0.4) is 0 Å². The number of aromatic hydroxyl groups is 1. The van der Waals surface area contributed by atoms with E-state index in [1.54, 1.807) is 12.1 Å². The van der Waals surface area contributed by atoms with Crippen molar-refractivity contribution in [3.8, 4) is 5.75 Å². The highest BCUT2D eigenvalue weighted by molar-refractivity contribution is 7.91. The monoisotopic (exact) mass is 323 g/mol. The molecule has 2 fully saturated rings. The first-order valence-corrected chi connectivity index (χ1v) is 9.50. The molecule has 1 aliphatic heterocycles. The first-order chi connectivity index (χ1) is 10.4. The SMILES string of the molecule is CCc1ccc(O)c(NC(=O)[C@@H]2CC23CCS(=O)(=O)CC3)c1. The molecular weight excluding hydrogens is 302 g/mol. The topological polar surface area (TPSA) is 83.5 Å². The zero-order valence-corrected chi connectivity index (χ0v) is 13.4. The summed E-state index contributed by atoms with van der Waals surface area (Å²) >= 11 is 0. The minimum absolute atomic E-state index is 0.0615. The standard InChI is InChI=1S/C16H21NO4S/c1-2-11-3-4-14(18)13(9-11)17-15(19)12-10-16(12)5-7-22(20,21)8-6-16/h3-4,9,12,18H,2,5-8,10H2,1H3,(H,17,19)/t12-/m0/s1. The molecule has 1 amide bonds. The molecular formula is C16H21NO4S. The number of hydrogen-bond acceptors (Lipinski definition) is 4. The molecule has 0 unspecified atom stereocenters. The van der Waals surface area contributed by atoms with Crippen LogP contribution in [0.1, 0.15) is 31.7 Å². The molecule has 2 aliphatic rings. The second-order valence-electron chi connectivity index (χ2n) is 6.47. The molecule has 22 heavy (non-hydrogen) atoms. The number of amides is 1. The molecule has 120 valence electrons. The molecule has 5 nitrogen and oxygen atoms in total. The van der Waals surface area contributed by atoms with E-state index in [2.05, 4.69) is 5.32 Å². The van der Waals surface area contributed by atoms with E-state index in [-0.39, 0.29) is 34.5 Å². The molecule has 1 heterocycles. The van der Waals surface area contributed by atoms with Crippen LogP contribution in [0.5, 0.6) is 5.75 Å². The number of carbonyl (C=O) groups excluding carboxylic acids is 1. The fraction of sp³-hybridized carbons (Fsp3) is 0.562. The highest BCUT2D eigenvalue weighted by Gasteiger charge is 2.59. The van der Waals surface area contributed by atoms with Gasteiger partial charge in [-0.15, -0.1) is 0 Å². The summed E-state index contributed by atoms with van der Waals surface area (Å²) in [6.45, 7) is 2.01. The van der Waals surface area contributed by atoms with Crippen molar-refractivity contribution >= 4 is 21.4 Å². The molecule has 6 heteroatoms. The van der Waals surface area contributed by atoms with Crippen LogP contribution in [0.4, 0.5) is 5.69 Å². The summed E-state index contributed by atoms with van der Waals surface area (Å²) in [7, 11) is -2.91. The van der Waals surface area contributed by atoms with E-state index in [1.807, 2.05) is 13.0 Å². The van der Waals surface area contributed by atoms with Gasteiger partial charge in [0.15, 0.2) is 0 Å². The Kier molecular flexibility index (Phi) is 3.67. The van der Waals surface area contributed by atoms with E-state index >= 15 is 0 Å². The molecule has 1 aromatic carbocycles. The average molecular weight is 323 g/mol. The smallest absolute Gasteiger partial charge is 0.228 e. The van der Waals surface area contributed by atoms with E-state index in [9.17, 15) is 18.3 Å². The average Bonchev–Trinajstić information content (AvgIpc) is 3.20. The van der Waals surface area contributed by atoms with E-state index < -0.39 is 9.84 Å². The Morgan fingerprint density at radius 3 is 2.68 bits per heavy atom. The van der Waals surface area contributed by atoms with Gasteiger partial charge in [-0.3, -0.25) is 4.79 Å². The number of sulfone groups is 1. The number of phenolic OH excluding ortho intramolecular Hbond substituents is 1. The molecule has 0 bridgehead atoms. The van der Waals surface area contributed by atoms with Gasteiger partial charge in [0.1, 0.15) is 15.6 Å². The van der Waals surface area contributed by atoms with Crippen molar-refractivity contribution in [2.75, 3.05) is 16.8 Å². The molecule has 0 aromatic heterocycles. The van der Waals surface area contributed by atoms with Crippen LogP contribution >= 0.6 is 0 Å². The maximum Gasteiger partial charge on any atom is 0.228 e. The Morgan fingerprint density at radius 2 is 2.05 bits per heavy atom. The Hall–Kier alpha value is -1.56. The second-order valence-corrected chi connectivity index (χ2v) is 8.77. The summed E-state index contributed by atoms with van der Waals surface area (Å²) in [6, 6.07) is 5.20. The van der Waals surface area contributed by atoms with Gasteiger partial charge in [0.2, 0.25) is 5.91 Å². The lowest BCUT2D eigenvalue weighted by atomic mass is 9.96. The van der Waals surface area contributed by atoms with Gasteiger partial charge in [-0.2, -0.15) is 0 Å². The predicted octanol–water partition coefficient (Wildman–Crippen LogP) is 2.11. The molecule has 1 spiro atoms. The predicted molar refractivity (Wildman–Crippen MR) is 84.5 cm³/mol. The van der Waals surface area contributed by atoms with E-state index in [4.69, 9.17) is 0 Å². The number of nitrogens with one attached hydrogen (secondary N) is 1. The lowest BCUT2D eigenvalue weighted by molar-refractivity contribution is -0.118. The molecule has 0 radical (unpaired) electrons. The second kappa shape index (κ2) is 5.26. The summed E-state index contributed by atoms with van der Waals surface area (Å²) in [5, 5.41) is 12.7. The van der Waals surface area contributed by atoms with Crippen LogP contribution in [0.2, 0.25) is 0 Å². The normalized spacial score (nSPS) is 24.9. The molecule has 1 aliphatic carbocycles. The van der Waals surface area contributed by atoms with Crippen molar-refractivity contribution in [2.24, 2.45) is 11.3 Å². The third-order valence-electron chi connectivity index (χ3n) is 5.06. The number of carbonyl (C=O) groups is 1. The highest BCUT2D eigenvalue weighted by Crippen LogP contribution is 2.60. The lowest BCUT2D eigenvalue weighted by Gasteiger charge is -2.22. The third-order valence-corrected chi connectivity index (χ3v) is 6.71. The number of anilines is 1. The number of benzene rings is 1. The molecule has 1 atom stereocenters. The fourth-order valence-electron chi connectivity index (χ4n) is 3.34. The summed E-state index contributed by atoms with van der Waals surface area (Å²) in [4.78, 5) is 12.4. The zero-order valence-electron chi connectivity index (χ0n) is 12.6.